The highest BCUT2D eigenvalue weighted by Gasteiger charge is 2.31. The van der Waals surface area contributed by atoms with Crippen LogP contribution >= 0.6 is 34.5 Å². The zero-order valence-corrected chi connectivity index (χ0v) is 17.5. The number of carbonyl (C=O) groups excluding carboxylic acids is 1. The van der Waals surface area contributed by atoms with E-state index in [1.54, 1.807) is 0 Å². The van der Waals surface area contributed by atoms with Crippen molar-refractivity contribution >= 4 is 61.3 Å². The van der Waals surface area contributed by atoms with Crippen molar-refractivity contribution in [2.75, 3.05) is 10.0 Å². The summed E-state index contributed by atoms with van der Waals surface area (Å²) in [6, 6.07) is 5.56. The molecule has 158 valence electrons. The molecule has 0 radical (unpaired) electrons. The fourth-order valence-electron chi connectivity index (χ4n) is 2.27. The Labute approximate surface area is 181 Å². The molecule has 0 spiro atoms. The average Bonchev–Trinajstić information content (AvgIpc) is 3.13. The maximum atomic E-state index is 12.9. The summed E-state index contributed by atoms with van der Waals surface area (Å²) in [6.07, 6.45) is -4.66. The van der Waals surface area contributed by atoms with Gasteiger partial charge in [0.05, 0.1) is 21.2 Å². The van der Waals surface area contributed by atoms with Crippen LogP contribution < -0.4 is 10.0 Å². The topological polar surface area (TPSA) is 101 Å². The zero-order valence-electron chi connectivity index (χ0n) is 14.4. The molecule has 0 saturated heterocycles. The molecule has 3 aromatic rings. The van der Waals surface area contributed by atoms with E-state index >= 15 is 0 Å². The molecule has 2 N–H and O–H groups in total. The van der Waals surface area contributed by atoms with Gasteiger partial charge in [-0.15, -0.1) is 10.2 Å². The van der Waals surface area contributed by atoms with Crippen molar-refractivity contribution in [3.8, 4) is 0 Å². The van der Waals surface area contributed by atoms with Gasteiger partial charge in [-0.2, -0.15) is 13.2 Å². The summed E-state index contributed by atoms with van der Waals surface area (Å²) in [7, 11) is -4.45. The van der Waals surface area contributed by atoms with E-state index in [2.05, 4.69) is 15.5 Å². The molecule has 0 unspecified atom stereocenters. The molecule has 0 atom stereocenters. The van der Waals surface area contributed by atoms with Gasteiger partial charge in [0.1, 0.15) is 10.4 Å². The third-order valence-electron chi connectivity index (χ3n) is 3.58. The summed E-state index contributed by atoms with van der Waals surface area (Å²) in [5.41, 5.74) is -0.244. The standard InChI is InChI=1S/C16H9Cl2F3N4O3S2/c17-11-6-12(18)13(5-10(11)14(26)23-15-24-22-7-29-15)30(27,28)25-9-3-1-2-8(4-9)16(19,20)21/h1-7,25H,(H,23,24,26). The molecule has 1 heterocycles. The molecule has 0 aliphatic rings. The molecular formula is C16H9Cl2F3N4O3S2. The van der Waals surface area contributed by atoms with Gasteiger partial charge in [-0.25, -0.2) is 8.42 Å². The number of nitrogens with one attached hydrogen (secondary N) is 2. The number of rotatable bonds is 5. The van der Waals surface area contributed by atoms with Gasteiger partial charge in [-0.1, -0.05) is 40.6 Å². The molecule has 0 fully saturated rings. The zero-order chi connectivity index (χ0) is 22.1. The monoisotopic (exact) mass is 496 g/mol. The lowest BCUT2D eigenvalue weighted by Gasteiger charge is -2.13. The summed E-state index contributed by atoms with van der Waals surface area (Å²) in [5.74, 6) is -0.774. The van der Waals surface area contributed by atoms with Crippen LogP contribution in [-0.4, -0.2) is 24.5 Å². The van der Waals surface area contributed by atoms with Crippen molar-refractivity contribution < 1.29 is 26.4 Å². The number of halogens is 5. The minimum absolute atomic E-state index is 0.139. The predicted octanol–water partition coefficient (Wildman–Crippen LogP) is 4.92. The number of nitrogens with zero attached hydrogens (tertiary/aromatic N) is 2. The molecule has 0 aliphatic heterocycles. The van der Waals surface area contributed by atoms with Gasteiger partial charge in [0, 0.05) is 5.69 Å². The van der Waals surface area contributed by atoms with Crippen LogP contribution in [0.1, 0.15) is 15.9 Å². The maximum Gasteiger partial charge on any atom is 0.416 e. The quantitative estimate of drug-likeness (QED) is 0.522. The normalized spacial score (nSPS) is 11.9. The van der Waals surface area contributed by atoms with Gasteiger partial charge in [-0.05, 0) is 30.3 Å². The lowest BCUT2D eigenvalue weighted by molar-refractivity contribution is -0.137. The maximum absolute atomic E-state index is 12.9. The Hall–Kier alpha value is -2.41. The smallest absolute Gasteiger partial charge is 0.296 e. The summed E-state index contributed by atoms with van der Waals surface area (Å²) in [6.45, 7) is 0. The van der Waals surface area contributed by atoms with Gasteiger partial charge in [-0.3, -0.25) is 14.8 Å². The highest BCUT2D eigenvalue weighted by molar-refractivity contribution is 7.92. The number of aromatic nitrogens is 2. The van der Waals surface area contributed by atoms with Gasteiger partial charge < -0.3 is 0 Å². The first-order chi connectivity index (χ1) is 14.0. The highest BCUT2D eigenvalue weighted by Crippen LogP contribution is 2.33. The minimum Gasteiger partial charge on any atom is -0.296 e. The molecule has 2 aromatic carbocycles. The van der Waals surface area contributed by atoms with E-state index in [4.69, 9.17) is 23.2 Å². The molecule has 0 aliphatic carbocycles. The summed E-state index contributed by atoms with van der Waals surface area (Å²) in [5, 5.41) is 9.25. The van der Waals surface area contributed by atoms with Gasteiger partial charge in [0.2, 0.25) is 5.13 Å². The Balaban J connectivity index is 1.95. The molecule has 1 amide bonds. The van der Waals surface area contributed by atoms with Gasteiger partial charge >= 0.3 is 6.18 Å². The van der Waals surface area contributed by atoms with Crippen LogP contribution in [0.3, 0.4) is 0 Å². The predicted molar refractivity (Wildman–Crippen MR) is 107 cm³/mol. The molecule has 0 bridgehead atoms. The van der Waals surface area contributed by atoms with Crippen LogP contribution in [0.5, 0.6) is 0 Å². The average molecular weight is 497 g/mol. The van der Waals surface area contributed by atoms with Crippen LogP contribution in [0, 0.1) is 0 Å². The van der Waals surface area contributed by atoms with Crippen molar-refractivity contribution in [3.05, 3.63) is 63.1 Å². The number of hydrogen-bond acceptors (Lipinski definition) is 6. The van der Waals surface area contributed by atoms with Crippen molar-refractivity contribution in [1.29, 1.82) is 0 Å². The fraction of sp³-hybridized carbons (Fsp3) is 0.0625. The van der Waals surface area contributed by atoms with Crippen LogP contribution in [0.25, 0.3) is 0 Å². The minimum atomic E-state index is -4.66. The Bertz CT molecular complexity index is 1200. The Kier molecular flexibility index (Phi) is 6.22. The molecule has 3 rings (SSSR count). The lowest BCUT2D eigenvalue weighted by atomic mass is 10.2. The summed E-state index contributed by atoms with van der Waals surface area (Å²) in [4.78, 5) is 11.8. The number of sulfonamides is 1. The van der Waals surface area contributed by atoms with Crippen LogP contribution in [0.2, 0.25) is 10.0 Å². The van der Waals surface area contributed by atoms with Crippen LogP contribution in [0.4, 0.5) is 24.0 Å². The first-order valence-corrected chi connectivity index (χ1v) is 10.9. The van der Waals surface area contributed by atoms with Gasteiger partial charge in [0.15, 0.2) is 0 Å². The first-order valence-electron chi connectivity index (χ1n) is 7.74. The van der Waals surface area contributed by atoms with Crippen molar-refractivity contribution in [1.82, 2.24) is 10.2 Å². The van der Waals surface area contributed by atoms with E-state index in [1.807, 2.05) is 4.72 Å². The van der Waals surface area contributed by atoms with Crippen molar-refractivity contribution in [3.63, 3.8) is 0 Å². The Morgan fingerprint density at radius 3 is 2.47 bits per heavy atom. The second-order valence-corrected chi connectivity index (χ2v) is 8.94. The number of alkyl halides is 3. The Morgan fingerprint density at radius 2 is 1.83 bits per heavy atom. The SMILES string of the molecule is O=C(Nc1nncs1)c1cc(S(=O)(=O)Nc2cccc(C(F)(F)F)c2)c(Cl)cc1Cl. The van der Waals surface area contributed by atoms with E-state index in [-0.39, 0.29) is 26.4 Å². The van der Waals surface area contributed by atoms with E-state index in [9.17, 15) is 26.4 Å². The lowest BCUT2D eigenvalue weighted by Crippen LogP contribution is -2.17. The van der Waals surface area contributed by atoms with Crippen LogP contribution in [0.15, 0.2) is 46.8 Å². The molecule has 14 heteroatoms. The number of anilines is 2. The largest absolute Gasteiger partial charge is 0.416 e. The number of carbonyl (C=O) groups is 1. The molecule has 30 heavy (non-hydrogen) atoms. The molecule has 7 nitrogen and oxygen atoms in total. The van der Waals surface area contributed by atoms with E-state index in [0.29, 0.717) is 6.07 Å². The molecule has 0 saturated carbocycles. The van der Waals surface area contributed by atoms with E-state index < -0.39 is 32.6 Å². The van der Waals surface area contributed by atoms with E-state index in [0.717, 1.165) is 41.7 Å². The van der Waals surface area contributed by atoms with Crippen LogP contribution in [-0.2, 0) is 16.2 Å². The second-order valence-electron chi connectivity index (χ2n) is 5.64. The van der Waals surface area contributed by atoms with Crippen molar-refractivity contribution in [2.45, 2.75) is 11.1 Å². The molecule has 1 aromatic heterocycles. The Morgan fingerprint density at radius 1 is 1.10 bits per heavy atom. The summed E-state index contributed by atoms with van der Waals surface area (Å²) >= 11 is 13.0. The number of hydrogen-bond donors (Lipinski definition) is 2. The molecular weight excluding hydrogens is 488 g/mol. The second kappa shape index (κ2) is 8.38. The fourth-order valence-corrected chi connectivity index (χ4v) is 4.62. The third kappa shape index (κ3) is 5.01. The van der Waals surface area contributed by atoms with Gasteiger partial charge in [0.25, 0.3) is 15.9 Å². The highest BCUT2D eigenvalue weighted by atomic mass is 35.5. The number of amides is 1. The first kappa shape index (κ1) is 22.3. The third-order valence-corrected chi connectivity index (χ3v) is 6.34. The number of benzene rings is 2. The van der Waals surface area contributed by atoms with Crippen molar-refractivity contribution in [2.24, 2.45) is 0 Å². The summed E-state index contributed by atoms with van der Waals surface area (Å²) < 4.78 is 66.0. The van der Waals surface area contributed by atoms with E-state index in [1.165, 1.54) is 5.51 Å².